The molecule has 7 heteroatoms. The van der Waals surface area contributed by atoms with Crippen molar-refractivity contribution in [1.29, 1.82) is 0 Å². The lowest BCUT2D eigenvalue weighted by molar-refractivity contribution is 0.173. The number of benzene rings is 2. The number of nitrogens with zero attached hydrogens (tertiary/aromatic N) is 3. The number of ether oxygens (including phenoxy) is 3. The van der Waals surface area contributed by atoms with Gasteiger partial charge in [-0.1, -0.05) is 42.1 Å². The third-order valence-corrected chi connectivity index (χ3v) is 4.94. The second-order valence-corrected chi connectivity index (χ2v) is 6.48. The van der Waals surface area contributed by atoms with Crippen molar-refractivity contribution in [1.82, 2.24) is 14.8 Å². The van der Waals surface area contributed by atoms with Gasteiger partial charge in [0.25, 0.3) is 0 Å². The van der Waals surface area contributed by atoms with Crippen molar-refractivity contribution in [2.45, 2.75) is 17.5 Å². The van der Waals surface area contributed by atoms with Crippen molar-refractivity contribution in [2.24, 2.45) is 7.05 Å². The Morgan fingerprint density at radius 1 is 1.08 bits per heavy atom. The minimum absolute atomic E-state index is 0.254. The minimum Gasteiger partial charge on any atom is -0.485 e. The van der Waals surface area contributed by atoms with Crippen molar-refractivity contribution in [3.05, 3.63) is 59.9 Å². The van der Waals surface area contributed by atoms with E-state index in [2.05, 4.69) is 22.3 Å². The minimum atomic E-state index is 0.254. The molecule has 0 saturated carbocycles. The molecular weight excluding hydrogens is 338 g/mol. The van der Waals surface area contributed by atoms with E-state index in [1.54, 1.807) is 11.8 Å². The van der Waals surface area contributed by atoms with Gasteiger partial charge in [0.2, 0.25) is 6.79 Å². The molecule has 2 heterocycles. The zero-order chi connectivity index (χ0) is 17.1. The molecule has 0 radical (unpaired) electrons. The van der Waals surface area contributed by atoms with Crippen LogP contribution in [-0.4, -0.2) is 21.6 Å². The number of hydrogen-bond donors (Lipinski definition) is 0. The van der Waals surface area contributed by atoms with Crippen LogP contribution in [0.1, 0.15) is 11.4 Å². The second kappa shape index (κ2) is 7.06. The van der Waals surface area contributed by atoms with Crippen LogP contribution in [0.2, 0.25) is 0 Å². The Morgan fingerprint density at radius 2 is 1.92 bits per heavy atom. The molecule has 0 spiro atoms. The van der Waals surface area contributed by atoms with Gasteiger partial charge in [-0.2, -0.15) is 0 Å². The first-order valence-corrected chi connectivity index (χ1v) is 8.85. The third-order valence-electron chi connectivity index (χ3n) is 3.85. The topological polar surface area (TPSA) is 58.4 Å². The van der Waals surface area contributed by atoms with Crippen LogP contribution in [-0.2, 0) is 19.4 Å². The summed E-state index contributed by atoms with van der Waals surface area (Å²) in [5, 5.41) is 9.35. The van der Waals surface area contributed by atoms with E-state index in [0.717, 1.165) is 22.5 Å². The highest BCUT2D eigenvalue weighted by Gasteiger charge is 2.15. The van der Waals surface area contributed by atoms with Crippen molar-refractivity contribution >= 4 is 11.8 Å². The summed E-state index contributed by atoms with van der Waals surface area (Å²) in [4.78, 5) is 0. The lowest BCUT2D eigenvalue weighted by Gasteiger charge is -2.07. The Balaban J connectivity index is 1.37. The summed E-state index contributed by atoms with van der Waals surface area (Å²) in [6.07, 6.45) is 0. The van der Waals surface area contributed by atoms with E-state index in [1.807, 2.05) is 48.0 Å². The fraction of sp³-hybridized carbons (Fsp3) is 0.222. The molecule has 0 saturated heterocycles. The van der Waals surface area contributed by atoms with E-state index in [-0.39, 0.29) is 6.79 Å². The lowest BCUT2D eigenvalue weighted by Crippen LogP contribution is -2.04. The molecule has 0 unspecified atom stereocenters. The molecule has 0 N–H and O–H groups in total. The first kappa shape index (κ1) is 15.8. The Hall–Kier alpha value is -2.67. The van der Waals surface area contributed by atoms with Crippen LogP contribution in [0.3, 0.4) is 0 Å². The molecule has 0 aliphatic carbocycles. The SMILES string of the molecule is Cn1c(COc2ccc3c(c2)OCO3)nnc1SCc1ccccc1. The van der Waals surface area contributed by atoms with Gasteiger partial charge in [-0.25, -0.2) is 0 Å². The first-order valence-electron chi connectivity index (χ1n) is 7.87. The van der Waals surface area contributed by atoms with Crippen molar-refractivity contribution < 1.29 is 14.2 Å². The van der Waals surface area contributed by atoms with Crippen LogP contribution in [0.25, 0.3) is 0 Å². The Labute approximate surface area is 149 Å². The van der Waals surface area contributed by atoms with Gasteiger partial charge in [-0.05, 0) is 17.7 Å². The highest BCUT2D eigenvalue weighted by molar-refractivity contribution is 7.98. The molecule has 2 aromatic carbocycles. The Bertz CT molecular complexity index is 867. The standard InChI is InChI=1S/C18H17N3O3S/c1-21-17(10-22-14-7-8-15-16(9-14)24-12-23-15)19-20-18(21)25-11-13-5-3-2-4-6-13/h2-9H,10-12H2,1H3. The summed E-state index contributed by atoms with van der Waals surface area (Å²) in [6, 6.07) is 15.8. The Kier molecular flexibility index (Phi) is 4.47. The monoisotopic (exact) mass is 355 g/mol. The second-order valence-electron chi connectivity index (χ2n) is 5.54. The molecule has 4 rings (SSSR count). The van der Waals surface area contributed by atoms with Crippen LogP contribution in [0.4, 0.5) is 0 Å². The van der Waals surface area contributed by atoms with Crippen LogP contribution < -0.4 is 14.2 Å². The van der Waals surface area contributed by atoms with Gasteiger partial charge in [0, 0.05) is 18.9 Å². The van der Waals surface area contributed by atoms with Crippen molar-refractivity contribution in [3.8, 4) is 17.2 Å². The molecule has 25 heavy (non-hydrogen) atoms. The molecule has 0 amide bonds. The zero-order valence-electron chi connectivity index (χ0n) is 13.7. The number of fused-ring (bicyclic) bond motifs is 1. The molecule has 0 fully saturated rings. The maximum atomic E-state index is 5.81. The third kappa shape index (κ3) is 3.56. The van der Waals surface area contributed by atoms with Crippen LogP contribution in [0.5, 0.6) is 17.2 Å². The maximum Gasteiger partial charge on any atom is 0.231 e. The summed E-state index contributed by atoms with van der Waals surface area (Å²) < 4.78 is 18.4. The van der Waals surface area contributed by atoms with E-state index >= 15 is 0 Å². The van der Waals surface area contributed by atoms with Gasteiger partial charge >= 0.3 is 0 Å². The van der Waals surface area contributed by atoms with Crippen LogP contribution in [0.15, 0.2) is 53.7 Å². The van der Waals surface area contributed by atoms with Crippen LogP contribution in [0, 0.1) is 0 Å². The van der Waals surface area contributed by atoms with E-state index in [1.165, 1.54) is 5.56 Å². The van der Waals surface area contributed by atoms with Crippen molar-refractivity contribution in [3.63, 3.8) is 0 Å². The quantitative estimate of drug-likeness (QED) is 0.632. The van der Waals surface area contributed by atoms with Gasteiger partial charge in [0.15, 0.2) is 22.5 Å². The molecule has 1 aliphatic rings. The summed E-state index contributed by atoms with van der Waals surface area (Å²) in [6.45, 7) is 0.596. The maximum absolute atomic E-state index is 5.81. The number of aromatic nitrogens is 3. The molecule has 0 atom stereocenters. The molecule has 128 valence electrons. The fourth-order valence-corrected chi connectivity index (χ4v) is 3.32. The highest BCUT2D eigenvalue weighted by atomic mass is 32.2. The number of thioether (sulfide) groups is 1. The average Bonchev–Trinajstić information content (AvgIpc) is 3.25. The first-order chi connectivity index (χ1) is 12.3. The summed E-state index contributed by atoms with van der Waals surface area (Å²) in [5.41, 5.74) is 1.26. The summed E-state index contributed by atoms with van der Waals surface area (Å²) in [5.74, 6) is 3.79. The average molecular weight is 355 g/mol. The van der Waals surface area contributed by atoms with E-state index < -0.39 is 0 Å². The normalized spacial score (nSPS) is 12.4. The molecular formula is C18H17N3O3S. The van der Waals surface area contributed by atoms with Gasteiger partial charge in [-0.15, -0.1) is 10.2 Å². The molecule has 1 aliphatic heterocycles. The molecule has 3 aromatic rings. The largest absolute Gasteiger partial charge is 0.485 e. The highest BCUT2D eigenvalue weighted by Crippen LogP contribution is 2.35. The molecule has 0 bridgehead atoms. The zero-order valence-corrected chi connectivity index (χ0v) is 14.5. The van der Waals surface area contributed by atoms with E-state index in [0.29, 0.717) is 18.1 Å². The van der Waals surface area contributed by atoms with Gasteiger partial charge in [-0.3, -0.25) is 0 Å². The smallest absolute Gasteiger partial charge is 0.231 e. The number of rotatable bonds is 6. The molecule has 1 aromatic heterocycles. The number of hydrogen-bond acceptors (Lipinski definition) is 6. The lowest BCUT2D eigenvalue weighted by atomic mass is 10.2. The predicted molar refractivity (Wildman–Crippen MR) is 93.9 cm³/mol. The van der Waals surface area contributed by atoms with Gasteiger partial charge in [0.1, 0.15) is 12.4 Å². The van der Waals surface area contributed by atoms with Gasteiger partial charge in [0.05, 0.1) is 0 Å². The fourth-order valence-electron chi connectivity index (χ4n) is 2.43. The predicted octanol–water partition coefficient (Wildman–Crippen LogP) is 3.42. The van der Waals surface area contributed by atoms with Gasteiger partial charge < -0.3 is 18.8 Å². The Morgan fingerprint density at radius 3 is 2.80 bits per heavy atom. The van der Waals surface area contributed by atoms with Crippen LogP contribution >= 0.6 is 11.8 Å². The molecule has 6 nitrogen and oxygen atoms in total. The van der Waals surface area contributed by atoms with E-state index in [4.69, 9.17) is 14.2 Å². The summed E-state index contributed by atoms with van der Waals surface area (Å²) in [7, 11) is 1.95. The van der Waals surface area contributed by atoms with Crippen molar-refractivity contribution in [2.75, 3.05) is 6.79 Å². The summed E-state index contributed by atoms with van der Waals surface area (Å²) >= 11 is 1.66. The van der Waals surface area contributed by atoms with E-state index in [9.17, 15) is 0 Å².